The zero-order valence-corrected chi connectivity index (χ0v) is 10.5. The van der Waals surface area contributed by atoms with Gasteiger partial charge in [-0.2, -0.15) is 0 Å². The van der Waals surface area contributed by atoms with E-state index in [9.17, 15) is 9.18 Å². The number of nitrogens with one attached hydrogen (secondary N) is 1. The zero-order chi connectivity index (χ0) is 12.4. The van der Waals surface area contributed by atoms with E-state index < -0.39 is 11.7 Å². The van der Waals surface area contributed by atoms with Crippen LogP contribution >= 0.6 is 15.9 Å². The maximum atomic E-state index is 13.5. The molecule has 3 nitrogen and oxygen atoms in total. The van der Waals surface area contributed by atoms with E-state index in [4.69, 9.17) is 4.42 Å². The van der Waals surface area contributed by atoms with Gasteiger partial charge in [0.1, 0.15) is 5.82 Å². The first-order valence-electron chi connectivity index (χ1n) is 4.88. The molecule has 1 aromatic heterocycles. The average Bonchev–Trinajstić information content (AvgIpc) is 2.68. The van der Waals surface area contributed by atoms with Gasteiger partial charge >= 0.3 is 0 Å². The van der Waals surface area contributed by atoms with Gasteiger partial charge in [-0.15, -0.1) is 0 Å². The van der Waals surface area contributed by atoms with Gasteiger partial charge in [-0.1, -0.05) is 15.9 Å². The van der Waals surface area contributed by atoms with Crippen molar-refractivity contribution in [2.75, 3.05) is 5.32 Å². The Morgan fingerprint density at radius 1 is 1.41 bits per heavy atom. The second kappa shape index (κ2) is 4.71. The number of hydrogen-bond donors (Lipinski definition) is 1. The van der Waals surface area contributed by atoms with Crippen molar-refractivity contribution in [3.05, 3.63) is 52.1 Å². The third kappa shape index (κ3) is 2.55. The Morgan fingerprint density at radius 2 is 2.18 bits per heavy atom. The smallest absolute Gasteiger partial charge is 0.291 e. The first-order valence-corrected chi connectivity index (χ1v) is 5.67. The van der Waals surface area contributed by atoms with Gasteiger partial charge in [-0.05, 0) is 31.2 Å². The highest BCUT2D eigenvalue weighted by molar-refractivity contribution is 9.10. The van der Waals surface area contributed by atoms with Gasteiger partial charge in [-0.3, -0.25) is 4.79 Å². The Labute approximate surface area is 106 Å². The summed E-state index contributed by atoms with van der Waals surface area (Å²) < 4.78 is 19.1. The molecule has 0 spiro atoms. The number of amides is 1. The van der Waals surface area contributed by atoms with Crippen LogP contribution in [0.2, 0.25) is 0 Å². The second-order valence-electron chi connectivity index (χ2n) is 3.51. The predicted octanol–water partition coefficient (Wildman–Crippen LogP) is 3.74. The molecular weight excluding hydrogens is 289 g/mol. The van der Waals surface area contributed by atoms with E-state index in [2.05, 4.69) is 21.2 Å². The number of furan rings is 1. The summed E-state index contributed by atoms with van der Waals surface area (Å²) >= 11 is 3.14. The Bertz CT molecular complexity index is 565. The summed E-state index contributed by atoms with van der Waals surface area (Å²) in [5.74, 6) is -0.780. The number of halogens is 2. The van der Waals surface area contributed by atoms with E-state index in [1.54, 1.807) is 19.1 Å². The van der Waals surface area contributed by atoms with Crippen LogP contribution in [0.15, 0.2) is 39.4 Å². The van der Waals surface area contributed by atoms with Crippen molar-refractivity contribution < 1.29 is 13.6 Å². The molecule has 17 heavy (non-hydrogen) atoms. The average molecular weight is 298 g/mol. The fourth-order valence-electron chi connectivity index (χ4n) is 1.38. The molecule has 1 heterocycles. The quantitative estimate of drug-likeness (QED) is 0.917. The predicted molar refractivity (Wildman–Crippen MR) is 65.5 cm³/mol. The molecular formula is C12H9BrFNO2. The molecule has 1 aromatic carbocycles. The zero-order valence-electron chi connectivity index (χ0n) is 8.96. The Morgan fingerprint density at radius 3 is 2.76 bits per heavy atom. The molecule has 88 valence electrons. The molecule has 0 atom stereocenters. The van der Waals surface area contributed by atoms with Gasteiger partial charge in [0.05, 0.1) is 12.0 Å². The molecule has 1 amide bonds. The van der Waals surface area contributed by atoms with Crippen LogP contribution in [-0.4, -0.2) is 5.91 Å². The highest BCUT2D eigenvalue weighted by atomic mass is 79.9. The summed E-state index contributed by atoms with van der Waals surface area (Å²) in [4.78, 5) is 11.7. The number of rotatable bonds is 2. The lowest BCUT2D eigenvalue weighted by atomic mass is 10.2. The van der Waals surface area contributed by atoms with E-state index in [1.807, 2.05) is 0 Å². The summed E-state index contributed by atoms with van der Waals surface area (Å²) in [5, 5.41) is 2.45. The highest BCUT2D eigenvalue weighted by Gasteiger charge is 2.14. The minimum absolute atomic E-state index is 0.119. The van der Waals surface area contributed by atoms with Crippen LogP contribution in [0.3, 0.4) is 0 Å². The van der Waals surface area contributed by atoms with Crippen molar-refractivity contribution in [3.63, 3.8) is 0 Å². The summed E-state index contributed by atoms with van der Waals surface area (Å²) in [6.07, 6.45) is 1.42. The Hall–Kier alpha value is -1.62. The summed E-state index contributed by atoms with van der Waals surface area (Å²) in [6.45, 7) is 1.75. The lowest BCUT2D eigenvalue weighted by Crippen LogP contribution is -2.13. The van der Waals surface area contributed by atoms with Crippen LogP contribution in [0.5, 0.6) is 0 Å². The number of benzene rings is 1. The van der Waals surface area contributed by atoms with Crippen LogP contribution in [-0.2, 0) is 0 Å². The number of hydrogen-bond acceptors (Lipinski definition) is 2. The lowest BCUT2D eigenvalue weighted by molar-refractivity contribution is 0.0995. The third-order valence-electron chi connectivity index (χ3n) is 2.25. The first-order chi connectivity index (χ1) is 8.08. The minimum atomic E-state index is -0.503. The minimum Gasteiger partial charge on any atom is -0.459 e. The fraction of sp³-hybridized carbons (Fsp3) is 0.0833. The van der Waals surface area contributed by atoms with Gasteiger partial charge in [-0.25, -0.2) is 4.39 Å². The molecule has 2 aromatic rings. The van der Waals surface area contributed by atoms with Crippen LogP contribution < -0.4 is 5.32 Å². The van der Waals surface area contributed by atoms with Gasteiger partial charge in [0, 0.05) is 10.0 Å². The van der Waals surface area contributed by atoms with E-state index in [0.717, 1.165) is 0 Å². The Kier molecular flexibility index (Phi) is 3.28. The number of anilines is 1. The van der Waals surface area contributed by atoms with Crippen molar-refractivity contribution in [2.24, 2.45) is 0 Å². The molecule has 0 aliphatic carbocycles. The molecule has 5 heteroatoms. The van der Waals surface area contributed by atoms with Gasteiger partial charge in [0.15, 0.2) is 5.76 Å². The van der Waals surface area contributed by atoms with Crippen LogP contribution in [0.25, 0.3) is 0 Å². The summed E-state index contributed by atoms with van der Waals surface area (Å²) in [5.41, 5.74) is 0.828. The SMILES string of the molecule is Cc1ccoc1C(=O)Nc1ccc(Br)cc1F. The molecule has 0 fully saturated rings. The van der Waals surface area contributed by atoms with Crippen molar-refractivity contribution in [1.82, 2.24) is 0 Å². The number of carbonyl (C=O) groups is 1. The highest BCUT2D eigenvalue weighted by Crippen LogP contribution is 2.20. The Balaban J connectivity index is 2.22. The maximum Gasteiger partial charge on any atom is 0.291 e. The van der Waals surface area contributed by atoms with Crippen molar-refractivity contribution in [1.29, 1.82) is 0 Å². The number of aryl methyl sites for hydroxylation is 1. The standard InChI is InChI=1S/C12H9BrFNO2/c1-7-4-5-17-11(7)12(16)15-10-3-2-8(13)6-9(10)14/h2-6H,1H3,(H,15,16). The molecule has 2 rings (SSSR count). The maximum absolute atomic E-state index is 13.5. The monoisotopic (exact) mass is 297 g/mol. The van der Waals surface area contributed by atoms with Gasteiger partial charge in [0.2, 0.25) is 0 Å². The normalized spacial score (nSPS) is 10.3. The van der Waals surface area contributed by atoms with Gasteiger partial charge < -0.3 is 9.73 Å². The molecule has 0 saturated heterocycles. The van der Waals surface area contributed by atoms with E-state index in [1.165, 1.54) is 18.4 Å². The molecule has 0 aliphatic heterocycles. The largest absolute Gasteiger partial charge is 0.459 e. The van der Waals surface area contributed by atoms with Crippen molar-refractivity contribution in [2.45, 2.75) is 6.92 Å². The van der Waals surface area contributed by atoms with Gasteiger partial charge in [0.25, 0.3) is 5.91 Å². The summed E-state index contributed by atoms with van der Waals surface area (Å²) in [6, 6.07) is 6.08. The topological polar surface area (TPSA) is 42.2 Å². The second-order valence-corrected chi connectivity index (χ2v) is 4.43. The van der Waals surface area contributed by atoms with Crippen molar-refractivity contribution >= 4 is 27.5 Å². The molecule has 0 bridgehead atoms. The summed E-state index contributed by atoms with van der Waals surface area (Å²) in [7, 11) is 0. The van der Waals surface area contributed by atoms with Crippen LogP contribution in [0.4, 0.5) is 10.1 Å². The fourth-order valence-corrected chi connectivity index (χ4v) is 1.71. The van der Waals surface area contributed by atoms with Crippen LogP contribution in [0.1, 0.15) is 16.1 Å². The number of carbonyl (C=O) groups excluding carboxylic acids is 1. The van der Waals surface area contributed by atoms with E-state index >= 15 is 0 Å². The third-order valence-corrected chi connectivity index (χ3v) is 2.74. The molecule has 1 N–H and O–H groups in total. The lowest BCUT2D eigenvalue weighted by Gasteiger charge is -2.05. The van der Waals surface area contributed by atoms with Crippen LogP contribution in [0, 0.1) is 12.7 Å². The van der Waals surface area contributed by atoms with E-state index in [0.29, 0.717) is 10.0 Å². The molecule has 0 unspecified atom stereocenters. The molecule has 0 aliphatic rings. The van der Waals surface area contributed by atoms with Crippen molar-refractivity contribution in [3.8, 4) is 0 Å². The molecule has 0 radical (unpaired) electrons. The van der Waals surface area contributed by atoms with E-state index in [-0.39, 0.29) is 11.4 Å². The molecule has 0 saturated carbocycles. The first kappa shape index (κ1) is 11.9.